The van der Waals surface area contributed by atoms with Crippen molar-refractivity contribution in [1.29, 1.82) is 0 Å². The highest BCUT2D eigenvalue weighted by atomic mass is 16.6. The molecule has 0 saturated carbocycles. The first-order chi connectivity index (χ1) is 10.3. The number of carbonyl (C=O) groups is 2. The molecule has 0 radical (unpaired) electrons. The van der Waals surface area contributed by atoms with Gasteiger partial charge in [0.15, 0.2) is 0 Å². The third kappa shape index (κ3) is 13.9. The maximum atomic E-state index is 11.6. The van der Waals surface area contributed by atoms with Crippen LogP contribution in [0.3, 0.4) is 0 Å². The molecule has 4 nitrogen and oxygen atoms in total. The third-order valence-corrected chi connectivity index (χ3v) is 3.44. The van der Waals surface area contributed by atoms with Crippen molar-refractivity contribution in [2.75, 3.05) is 6.61 Å². The minimum absolute atomic E-state index is 0.156. The highest BCUT2D eigenvalue weighted by Gasteiger charge is 2.11. The van der Waals surface area contributed by atoms with Crippen LogP contribution in [0.2, 0.25) is 0 Å². The Morgan fingerprint density at radius 3 is 1.77 bits per heavy atom. The summed E-state index contributed by atoms with van der Waals surface area (Å²) in [5.74, 6) is 0.913. The van der Waals surface area contributed by atoms with Gasteiger partial charge < -0.3 is 9.47 Å². The molecule has 0 aliphatic carbocycles. The summed E-state index contributed by atoms with van der Waals surface area (Å²) in [5.41, 5.74) is 0. The number of rotatable bonds is 12. The molecule has 0 fully saturated rings. The normalized spacial score (nSPS) is 12.5. The van der Waals surface area contributed by atoms with E-state index in [0.717, 1.165) is 25.7 Å². The molecule has 0 aliphatic rings. The minimum Gasteiger partial charge on any atom is -0.466 e. The van der Waals surface area contributed by atoms with Crippen LogP contribution in [-0.2, 0) is 19.1 Å². The molecule has 0 bridgehead atoms. The lowest BCUT2D eigenvalue weighted by Crippen LogP contribution is -2.18. The average molecular weight is 314 g/mol. The summed E-state index contributed by atoms with van der Waals surface area (Å²) >= 11 is 0. The minimum atomic E-state index is -0.199. The highest BCUT2D eigenvalue weighted by molar-refractivity contribution is 5.69. The van der Waals surface area contributed by atoms with Crippen LogP contribution in [0.5, 0.6) is 0 Å². The molecular weight excluding hydrogens is 280 g/mol. The van der Waals surface area contributed by atoms with E-state index in [0.29, 0.717) is 37.7 Å². The predicted molar refractivity (Wildman–Crippen MR) is 88.5 cm³/mol. The second kappa shape index (κ2) is 12.5. The molecular formula is C18H34O4. The summed E-state index contributed by atoms with van der Waals surface area (Å²) in [7, 11) is 0. The SMILES string of the molecule is CC(C)CCCC(=O)OCCC(C)OC(=O)CCCC(C)C. The van der Waals surface area contributed by atoms with Crippen molar-refractivity contribution < 1.29 is 19.1 Å². The quantitative estimate of drug-likeness (QED) is 0.498. The second-order valence-corrected chi connectivity index (χ2v) is 6.88. The van der Waals surface area contributed by atoms with E-state index in [4.69, 9.17) is 9.47 Å². The zero-order chi connectivity index (χ0) is 17.0. The van der Waals surface area contributed by atoms with Gasteiger partial charge in [0.1, 0.15) is 6.10 Å². The molecule has 1 atom stereocenters. The standard InChI is InChI=1S/C18H34O4/c1-14(2)8-6-10-17(19)21-13-12-16(5)22-18(20)11-7-9-15(3)4/h14-16H,6-13H2,1-5H3. The summed E-state index contributed by atoms with van der Waals surface area (Å²) < 4.78 is 10.5. The maximum Gasteiger partial charge on any atom is 0.306 e. The monoisotopic (exact) mass is 314 g/mol. The largest absolute Gasteiger partial charge is 0.466 e. The summed E-state index contributed by atoms with van der Waals surface area (Å²) in [4.78, 5) is 23.1. The van der Waals surface area contributed by atoms with Crippen LogP contribution in [0.25, 0.3) is 0 Å². The maximum absolute atomic E-state index is 11.6. The van der Waals surface area contributed by atoms with Gasteiger partial charge in [-0.1, -0.05) is 40.5 Å². The molecule has 0 amide bonds. The van der Waals surface area contributed by atoms with Crippen LogP contribution >= 0.6 is 0 Å². The van der Waals surface area contributed by atoms with Crippen molar-refractivity contribution >= 4 is 11.9 Å². The zero-order valence-corrected chi connectivity index (χ0v) is 15.0. The number of carbonyl (C=O) groups excluding carboxylic acids is 2. The Kier molecular flexibility index (Phi) is 11.9. The van der Waals surface area contributed by atoms with Crippen LogP contribution in [0.1, 0.15) is 79.6 Å². The van der Waals surface area contributed by atoms with Crippen molar-refractivity contribution in [3.05, 3.63) is 0 Å². The fourth-order valence-corrected chi connectivity index (χ4v) is 2.06. The molecule has 0 heterocycles. The lowest BCUT2D eigenvalue weighted by molar-refractivity contribution is -0.150. The van der Waals surface area contributed by atoms with Gasteiger partial charge in [0, 0.05) is 19.3 Å². The number of hydrogen-bond donors (Lipinski definition) is 0. The average Bonchev–Trinajstić information content (AvgIpc) is 2.37. The van der Waals surface area contributed by atoms with E-state index in [1.807, 2.05) is 6.92 Å². The van der Waals surface area contributed by atoms with Gasteiger partial charge in [0.25, 0.3) is 0 Å². The van der Waals surface area contributed by atoms with E-state index in [1.165, 1.54) is 0 Å². The van der Waals surface area contributed by atoms with E-state index in [1.54, 1.807) is 0 Å². The molecule has 130 valence electrons. The number of esters is 2. The van der Waals surface area contributed by atoms with Gasteiger partial charge in [0.05, 0.1) is 6.61 Å². The van der Waals surface area contributed by atoms with Crippen molar-refractivity contribution in [3.8, 4) is 0 Å². The van der Waals surface area contributed by atoms with Crippen LogP contribution in [0.4, 0.5) is 0 Å². The molecule has 0 aromatic rings. The van der Waals surface area contributed by atoms with Gasteiger partial charge in [-0.05, 0) is 31.6 Å². The van der Waals surface area contributed by atoms with Gasteiger partial charge in [-0.25, -0.2) is 0 Å². The Morgan fingerprint density at radius 2 is 1.27 bits per heavy atom. The molecule has 4 heteroatoms. The smallest absolute Gasteiger partial charge is 0.306 e. The van der Waals surface area contributed by atoms with Crippen LogP contribution < -0.4 is 0 Å². The summed E-state index contributed by atoms with van der Waals surface area (Å²) in [6.07, 6.45) is 5.13. The summed E-state index contributed by atoms with van der Waals surface area (Å²) in [6, 6.07) is 0. The number of ether oxygens (including phenoxy) is 2. The van der Waals surface area contributed by atoms with Crippen molar-refractivity contribution in [3.63, 3.8) is 0 Å². The highest BCUT2D eigenvalue weighted by Crippen LogP contribution is 2.09. The Morgan fingerprint density at radius 1 is 0.773 bits per heavy atom. The van der Waals surface area contributed by atoms with Crippen LogP contribution in [0, 0.1) is 11.8 Å². The third-order valence-electron chi connectivity index (χ3n) is 3.44. The Bertz CT molecular complexity index is 310. The molecule has 0 rings (SSSR count). The molecule has 0 spiro atoms. The molecule has 0 aliphatic heterocycles. The first-order valence-corrected chi connectivity index (χ1v) is 8.66. The lowest BCUT2D eigenvalue weighted by atomic mass is 10.1. The molecule has 1 unspecified atom stereocenters. The van der Waals surface area contributed by atoms with Gasteiger partial charge in [0.2, 0.25) is 0 Å². The lowest BCUT2D eigenvalue weighted by Gasteiger charge is -2.13. The van der Waals surface area contributed by atoms with Crippen molar-refractivity contribution in [1.82, 2.24) is 0 Å². The predicted octanol–water partition coefficient (Wildman–Crippen LogP) is 4.50. The van der Waals surface area contributed by atoms with Gasteiger partial charge in [-0.2, -0.15) is 0 Å². The summed E-state index contributed by atoms with van der Waals surface area (Å²) in [5, 5.41) is 0. The van der Waals surface area contributed by atoms with E-state index in [2.05, 4.69) is 27.7 Å². The van der Waals surface area contributed by atoms with E-state index < -0.39 is 0 Å². The Hall–Kier alpha value is -1.06. The first kappa shape index (κ1) is 20.9. The van der Waals surface area contributed by atoms with Crippen LogP contribution in [0.15, 0.2) is 0 Å². The Labute approximate surface area is 135 Å². The zero-order valence-electron chi connectivity index (χ0n) is 15.0. The van der Waals surface area contributed by atoms with Crippen molar-refractivity contribution in [2.45, 2.75) is 85.7 Å². The van der Waals surface area contributed by atoms with E-state index >= 15 is 0 Å². The van der Waals surface area contributed by atoms with Gasteiger partial charge in [-0.3, -0.25) is 9.59 Å². The fourth-order valence-electron chi connectivity index (χ4n) is 2.06. The molecule has 0 N–H and O–H groups in total. The fraction of sp³-hybridized carbons (Fsp3) is 0.889. The van der Waals surface area contributed by atoms with E-state index in [9.17, 15) is 9.59 Å². The Balaban J connectivity index is 3.61. The molecule has 22 heavy (non-hydrogen) atoms. The molecule has 0 aromatic heterocycles. The second-order valence-electron chi connectivity index (χ2n) is 6.88. The summed E-state index contributed by atoms with van der Waals surface area (Å²) in [6.45, 7) is 10.7. The topological polar surface area (TPSA) is 52.6 Å². The number of hydrogen-bond acceptors (Lipinski definition) is 4. The van der Waals surface area contributed by atoms with Crippen LogP contribution in [-0.4, -0.2) is 24.6 Å². The molecule has 0 aromatic carbocycles. The van der Waals surface area contributed by atoms with Gasteiger partial charge in [-0.15, -0.1) is 0 Å². The van der Waals surface area contributed by atoms with Gasteiger partial charge >= 0.3 is 11.9 Å². The first-order valence-electron chi connectivity index (χ1n) is 8.66. The molecule has 0 saturated heterocycles. The van der Waals surface area contributed by atoms with Crippen molar-refractivity contribution in [2.24, 2.45) is 11.8 Å². The van der Waals surface area contributed by atoms with E-state index in [-0.39, 0.29) is 18.0 Å².